The van der Waals surface area contributed by atoms with Crippen LogP contribution in [0.3, 0.4) is 0 Å². The summed E-state index contributed by atoms with van der Waals surface area (Å²) in [6.07, 6.45) is 3.89. The first-order chi connectivity index (χ1) is 8.00. The lowest BCUT2D eigenvalue weighted by atomic mass is 10.0. The van der Waals surface area contributed by atoms with Crippen molar-refractivity contribution in [2.75, 3.05) is 0 Å². The third-order valence-electron chi connectivity index (χ3n) is 2.90. The highest BCUT2D eigenvalue weighted by Crippen LogP contribution is 2.05. The number of carbonyl (C=O) groups is 1. The predicted octanol–water partition coefficient (Wildman–Crippen LogP) is 1.38. The van der Waals surface area contributed by atoms with Crippen molar-refractivity contribution in [3.63, 3.8) is 0 Å². The second-order valence-electron chi connectivity index (χ2n) is 4.69. The first kappa shape index (κ1) is 13.6. The number of aromatic nitrogens is 1. The molecule has 3 N–H and O–H groups in total. The van der Waals surface area contributed by atoms with E-state index >= 15 is 0 Å². The fourth-order valence-electron chi connectivity index (χ4n) is 1.40. The van der Waals surface area contributed by atoms with Crippen molar-refractivity contribution in [1.82, 2.24) is 10.3 Å². The second-order valence-corrected chi connectivity index (χ2v) is 4.69. The molecule has 4 nitrogen and oxygen atoms in total. The maximum atomic E-state index is 11.6. The molecule has 0 radical (unpaired) electrons. The molecule has 0 aliphatic heterocycles. The minimum absolute atomic E-state index is 0.00514. The number of pyridine rings is 1. The van der Waals surface area contributed by atoms with Gasteiger partial charge in [-0.15, -0.1) is 0 Å². The van der Waals surface area contributed by atoms with Gasteiger partial charge >= 0.3 is 0 Å². The lowest BCUT2D eigenvalue weighted by molar-refractivity contribution is -0.121. The van der Waals surface area contributed by atoms with Gasteiger partial charge < -0.3 is 11.1 Å². The predicted molar refractivity (Wildman–Crippen MR) is 68.3 cm³/mol. The molecule has 1 atom stereocenters. The molecule has 1 unspecified atom stereocenters. The van der Waals surface area contributed by atoms with Gasteiger partial charge in [0.1, 0.15) is 0 Å². The van der Waals surface area contributed by atoms with Crippen LogP contribution in [0.15, 0.2) is 18.5 Å². The molecular weight excluding hydrogens is 214 g/mol. The summed E-state index contributed by atoms with van der Waals surface area (Å²) in [5, 5.41) is 2.87. The molecule has 0 aliphatic carbocycles. The van der Waals surface area contributed by atoms with Gasteiger partial charge in [-0.1, -0.05) is 13.8 Å². The fourth-order valence-corrected chi connectivity index (χ4v) is 1.40. The highest BCUT2D eigenvalue weighted by Gasteiger charge is 2.12. The number of nitrogens with zero attached hydrogens (tertiary/aromatic N) is 1. The van der Waals surface area contributed by atoms with E-state index in [0.717, 1.165) is 11.1 Å². The van der Waals surface area contributed by atoms with Gasteiger partial charge in [-0.2, -0.15) is 0 Å². The monoisotopic (exact) mass is 235 g/mol. The van der Waals surface area contributed by atoms with E-state index in [1.807, 2.05) is 26.8 Å². The third kappa shape index (κ3) is 4.53. The number of amides is 1. The summed E-state index contributed by atoms with van der Waals surface area (Å²) in [5.41, 5.74) is 8.02. The molecule has 94 valence electrons. The van der Waals surface area contributed by atoms with Gasteiger partial charge in [0, 0.05) is 31.4 Å². The molecule has 0 aliphatic rings. The van der Waals surface area contributed by atoms with Gasteiger partial charge in [-0.05, 0) is 30.0 Å². The molecule has 17 heavy (non-hydrogen) atoms. The largest absolute Gasteiger partial charge is 0.352 e. The average molecular weight is 235 g/mol. The topological polar surface area (TPSA) is 68.0 Å². The Hall–Kier alpha value is -1.42. The standard InChI is InChI=1S/C13H21N3O/c1-9(2)12(14)6-13(17)16-8-11-7-15-5-4-10(11)3/h4-5,7,9,12H,6,8,14H2,1-3H3,(H,16,17). The van der Waals surface area contributed by atoms with Crippen molar-refractivity contribution < 1.29 is 4.79 Å². The Bertz CT molecular complexity index is 377. The van der Waals surface area contributed by atoms with Crippen LogP contribution in [0, 0.1) is 12.8 Å². The van der Waals surface area contributed by atoms with Gasteiger partial charge in [-0.25, -0.2) is 0 Å². The molecule has 4 heteroatoms. The van der Waals surface area contributed by atoms with Crippen molar-refractivity contribution in [2.45, 2.75) is 39.8 Å². The quantitative estimate of drug-likeness (QED) is 0.810. The summed E-state index contributed by atoms with van der Waals surface area (Å²) in [7, 11) is 0. The number of hydrogen-bond donors (Lipinski definition) is 2. The molecule has 1 amide bonds. The van der Waals surface area contributed by atoms with E-state index in [2.05, 4.69) is 10.3 Å². The molecular formula is C13H21N3O. The van der Waals surface area contributed by atoms with E-state index in [1.54, 1.807) is 12.4 Å². The van der Waals surface area contributed by atoms with E-state index < -0.39 is 0 Å². The molecule has 0 aromatic carbocycles. The van der Waals surface area contributed by atoms with Gasteiger partial charge in [0.25, 0.3) is 0 Å². The Morgan fingerprint density at radius 2 is 2.24 bits per heavy atom. The first-order valence-corrected chi connectivity index (χ1v) is 5.92. The average Bonchev–Trinajstić information content (AvgIpc) is 2.27. The number of nitrogens with one attached hydrogen (secondary N) is 1. The van der Waals surface area contributed by atoms with Crippen molar-refractivity contribution in [3.8, 4) is 0 Å². The Morgan fingerprint density at radius 3 is 2.82 bits per heavy atom. The summed E-state index contributed by atoms with van der Waals surface area (Å²) >= 11 is 0. The molecule has 0 fully saturated rings. The highest BCUT2D eigenvalue weighted by molar-refractivity contribution is 5.76. The lowest BCUT2D eigenvalue weighted by Crippen LogP contribution is -2.34. The van der Waals surface area contributed by atoms with Gasteiger partial charge in [0.2, 0.25) is 5.91 Å². The van der Waals surface area contributed by atoms with Crippen LogP contribution in [0.25, 0.3) is 0 Å². The van der Waals surface area contributed by atoms with Crippen molar-refractivity contribution in [3.05, 3.63) is 29.6 Å². The van der Waals surface area contributed by atoms with Crippen LogP contribution in [0.2, 0.25) is 0 Å². The fraction of sp³-hybridized carbons (Fsp3) is 0.538. The molecule has 1 aromatic rings. The van der Waals surface area contributed by atoms with E-state index in [4.69, 9.17) is 5.73 Å². The minimum Gasteiger partial charge on any atom is -0.352 e. The molecule has 0 saturated heterocycles. The maximum absolute atomic E-state index is 11.6. The van der Waals surface area contributed by atoms with Crippen LogP contribution in [0.5, 0.6) is 0 Å². The van der Waals surface area contributed by atoms with E-state index in [1.165, 1.54) is 0 Å². The number of carbonyl (C=O) groups excluding carboxylic acids is 1. The zero-order chi connectivity index (χ0) is 12.8. The summed E-state index contributed by atoms with van der Waals surface area (Å²) in [6, 6.07) is 1.85. The Balaban J connectivity index is 2.41. The summed E-state index contributed by atoms with van der Waals surface area (Å²) < 4.78 is 0. The maximum Gasteiger partial charge on any atom is 0.221 e. The molecule has 0 saturated carbocycles. The first-order valence-electron chi connectivity index (χ1n) is 5.92. The van der Waals surface area contributed by atoms with Gasteiger partial charge in [-0.3, -0.25) is 9.78 Å². The number of rotatable bonds is 5. The van der Waals surface area contributed by atoms with E-state index in [9.17, 15) is 4.79 Å². The van der Waals surface area contributed by atoms with Crippen LogP contribution in [0.4, 0.5) is 0 Å². The zero-order valence-electron chi connectivity index (χ0n) is 10.7. The molecule has 0 spiro atoms. The highest BCUT2D eigenvalue weighted by atomic mass is 16.1. The number of aryl methyl sites for hydroxylation is 1. The molecule has 1 aromatic heterocycles. The van der Waals surface area contributed by atoms with Gasteiger partial charge in [0.05, 0.1) is 0 Å². The van der Waals surface area contributed by atoms with Crippen LogP contribution >= 0.6 is 0 Å². The van der Waals surface area contributed by atoms with Crippen LogP contribution in [-0.4, -0.2) is 16.9 Å². The van der Waals surface area contributed by atoms with Crippen molar-refractivity contribution in [2.24, 2.45) is 11.7 Å². The van der Waals surface area contributed by atoms with E-state index in [-0.39, 0.29) is 11.9 Å². The normalized spacial score (nSPS) is 12.5. The third-order valence-corrected chi connectivity index (χ3v) is 2.90. The Morgan fingerprint density at radius 1 is 1.53 bits per heavy atom. The molecule has 1 heterocycles. The van der Waals surface area contributed by atoms with E-state index in [0.29, 0.717) is 18.9 Å². The number of nitrogens with two attached hydrogens (primary N) is 1. The second kappa shape index (κ2) is 6.35. The minimum atomic E-state index is -0.0787. The molecule has 1 rings (SSSR count). The SMILES string of the molecule is Cc1ccncc1CNC(=O)CC(N)C(C)C. The Kier molecular flexibility index (Phi) is 5.10. The van der Waals surface area contributed by atoms with Crippen LogP contribution in [0.1, 0.15) is 31.4 Å². The summed E-state index contributed by atoms with van der Waals surface area (Å²) in [4.78, 5) is 15.7. The van der Waals surface area contributed by atoms with Crippen LogP contribution < -0.4 is 11.1 Å². The zero-order valence-corrected chi connectivity index (χ0v) is 10.7. The van der Waals surface area contributed by atoms with Crippen LogP contribution in [-0.2, 0) is 11.3 Å². The number of hydrogen-bond acceptors (Lipinski definition) is 3. The smallest absolute Gasteiger partial charge is 0.221 e. The Labute approximate surface area is 103 Å². The van der Waals surface area contributed by atoms with Crippen molar-refractivity contribution >= 4 is 5.91 Å². The van der Waals surface area contributed by atoms with Crippen molar-refractivity contribution in [1.29, 1.82) is 0 Å². The molecule has 0 bridgehead atoms. The summed E-state index contributed by atoms with van der Waals surface area (Å²) in [6.45, 7) is 6.55. The lowest BCUT2D eigenvalue weighted by Gasteiger charge is -2.15. The van der Waals surface area contributed by atoms with Gasteiger partial charge in [0.15, 0.2) is 0 Å². The summed E-state index contributed by atoms with van der Waals surface area (Å²) in [5.74, 6) is 0.315.